The minimum absolute atomic E-state index is 0.0128. The normalized spacial score (nSPS) is 15.5. The zero-order valence-corrected chi connectivity index (χ0v) is 10.3. The monoisotopic (exact) mass is 248 g/mol. The molecule has 5 nitrogen and oxygen atoms in total. The number of nitrogens with zero attached hydrogens (tertiary/aromatic N) is 1. The smallest absolute Gasteiger partial charge is 0.225 e. The predicted molar refractivity (Wildman–Crippen MR) is 66.6 cm³/mol. The molecular formula is C13H16N2O3. The van der Waals surface area contributed by atoms with E-state index in [0.29, 0.717) is 31.0 Å². The van der Waals surface area contributed by atoms with Gasteiger partial charge in [-0.2, -0.15) is 4.98 Å². The molecule has 1 aliphatic rings. The number of aromatic nitrogens is 1. The van der Waals surface area contributed by atoms with Crippen molar-refractivity contribution in [1.82, 2.24) is 4.98 Å². The van der Waals surface area contributed by atoms with E-state index in [0.717, 1.165) is 18.3 Å². The lowest BCUT2D eigenvalue weighted by Gasteiger charge is -2.18. The number of aryl methyl sites for hydroxylation is 1. The second kappa shape index (κ2) is 5.62. The molecule has 2 rings (SSSR count). The summed E-state index contributed by atoms with van der Waals surface area (Å²) in [6, 6.07) is 3.72. The van der Waals surface area contributed by atoms with Crippen molar-refractivity contribution in [2.24, 2.45) is 0 Å². The van der Waals surface area contributed by atoms with Crippen molar-refractivity contribution in [2.75, 3.05) is 5.32 Å². The van der Waals surface area contributed by atoms with E-state index < -0.39 is 0 Å². The highest BCUT2D eigenvalue weighted by molar-refractivity contribution is 5.92. The van der Waals surface area contributed by atoms with Gasteiger partial charge in [0.15, 0.2) is 0 Å². The third-order valence-electron chi connectivity index (χ3n) is 2.85. The summed E-state index contributed by atoms with van der Waals surface area (Å²) in [4.78, 5) is 25.8. The second-order valence-electron chi connectivity index (χ2n) is 4.38. The molecule has 18 heavy (non-hydrogen) atoms. The van der Waals surface area contributed by atoms with Crippen LogP contribution in [-0.2, 0) is 16.0 Å². The van der Waals surface area contributed by atoms with Gasteiger partial charge in [0.05, 0.1) is 6.10 Å². The van der Waals surface area contributed by atoms with Gasteiger partial charge in [0.25, 0.3) is 0 Å². The van der Waals surface area contributed by atoms with Crippen molar-refractivity contribution in [3.8, 4) is 5.88 Å². The number of pyridine rings is 1. The van der Waals surface area contributed by atoms with Crippen LogP contribution in [0.5, 0.6) is 5.88 Å². The lowest BCUT2D eigenvalue weighted by molar-refractivity contribution is -0.116. The Balaban J connectivity index is 2.04. The zero-order chi connectivity index (χ0) is 13.0. The van der Waals surface area contributed by atoms with Crippen molar-refractivity contribution in [3.63, 3.8) is 0 Å². The summed E-state index contributed by atoms with van der Waals surface area (Å²) in [6.07, 6.45) is 3.16. The molecule has 0 spiro atoms. The maximum absolute atomic E-state index is 11.3. The van der Waals surface area contributed by atoms with Crippen LogP contribution < -0.4 is 10.1 Å². The van der Waals surface area contributed by atoms with Crippen LogP contribution in [0.15, 0.2) is 12.1 Å². The number of anilines is 1. The molecule has 0 radical (unpaired) electrons. The van der Waals surface area contributed by atoms with Gasteiger partial charge in [-0.3, -0.25) is 4.79 Å². The molecule has 0 saturated carbocycles. The Labute approximate surface area is 106 Å². The highest BCUT2D eigenvalue weighted by Gasteiger charge is 2.17. The topological polar surface area (TPSA) is 68.3 Å². The van der Waals surface area contributed by atoms with Crippen molar-refractivity contribution < 1.29 is 14.3 Å². The quantitative estimate of drug-likeness (QED) is 0.805. The number of aldehydes is 1. The van der Waals surface area contributed by atoms with Gasteiger partial charge in [-0.1, -0.05) is 0 Å². The van der Waals surface area contributed by atoms with Crippen LogP contribution in [-0.4, -0.2) is 23.3 Å². The lowest BCUT2D eigenvalue weighted by Crippen LogP contribution is -2.21. The molecule has 5 heteroatoms. The molecule has 1 amide bonds. The summed E-state index contributed by atoms with van der Waals surface area (Å²) in [6.45, 7) is 1.89. The second-order valence-corrected chi connectivity index (χ2v) is 4.38. The van der Waals surface area contributed by atoms with Crippen molar-refractivity contribution in [1.29, 1.82) is 0 Å². The molecular weight excluding hydrogens is 232 g/mol. The van der Waals surface area contributed by atoms with Gasteiger partial charge in [-0.15, -0.1) is 0 Å². The van der Waals surface area contributed by atoms with Crippen molar-refractivity contribution in [2.45, 2.75) is 38.7 Å². The molecule has 1 unspecified atom stereocenters. The van der Waals surface area contributed by atoms with Crippen LogP contribution in [0.3, 0.4) is 0 Å². The first-order chi connectivity index (χ1) is 8.69. The standard InChI is InChI=1S/C13H16N2O3/c1-9(3-2-8-16)18-12-7-5-10-4-6-11(17)14-13(10)15-12/h5,7-9H,2-4,6H2,1H3,(H,14,15,17). The van der Waals surface area contributed by atoms with Crippen LogP contribution in [0.4, 0.5) is 5.82 Å². The Morgan fingerprint density at radius 3 is 3.11 bits per heavy atom. The first kappa shape index (κ1) is 12.5. The predicted octanol–water partition coefficient (Wildman–Crippen LogP) is 1.71. The van der Waals surface area contributed by atoms with Crippen LogP contribution in [0, 0.1) is 0 Å². The van der Waals surface area contributed by atoms with E-state index in [1.54, 1.807) is 6.07 Å². The maximum Gasteiger partial charge on any atom is 0.225 e. The summed E-state index contributed by atoms with van der Waals surface area (Å²) in [7, 11) is 0. The van der Waals surface area contributed by atoms with E-state index in [1.807, 2.05) is 13.0 Å². The Kier molecular flexibility index (Phi) is 3.92. The number of amides is 1. The molecule has 0 fully saturated rings. The first-order valence-corrected chi connectivity index (χ1v) is 6.09. The van der Waals surface area contributed by atoms with Gasteiger partial charge >= 0.3 is 0 Å². The van der Waals surface area contributed by atoms with Gasteiger partial charge in [0.2, 0.25) is 11.8 Å². The summed E-state index contributed by atoms with van der Waals surface area (Å²) >= 11 is 0. The Morgan fingerprint density at radius 1 is 1.50 bits per heavy atom. The largest absolute Gasteiger partial charge is 0.475 e. The maximum atomic E-state index is 11.3. The van der Waals surface area contributed by atoms with Crippen molar-refractivity contribution >= 4 is 18.0 Å². The fraction of sp³-hybridized carbons (Fsp3) is 0.462. The zero-order valence-electron chi connectivity index (χ0n) is 10.3. The van der Waals surface area contributed by atoms with Crippen LogP contribution in [0.2, 0.25) is 0 Å². The SMILES string of the molecule is CC(CCC=O)Oc1ccc2c(n1)NC(=O)CC2. The summed E-state index contributed by atoms with van der Waals surface area (Å²) < 4.78 is 5.60. The number of rotatable bonds is 5. The van der Waals surface area contributed by atoms with Gasteiger partial charge in [0, 0.05) is 18.9 Å². The molecule has 0 bridgehead atoms. The number of ether oxygens (including phenoxy) is 1. The van der Waals surface area contributed by atoms with E-state index in [4.69, 9.17) is 4.74 Å². The Morgan fingerprint density at radius 2 is 2.33 bits per heavy atom. The van der Waals surface area contributed by atoms with E-state index in [9.17, 15) is 9.59 Å². The van der Waals surface area contributed by atoms with Crippen LogP contribution in [0.1, 0.15) is 31.7 Å². The lowest BCUT2D eigenvalue weighted by atomic mass is 10.1. The molecule has 0 aromatic carbocycles. The number of hydrogen-bond donors (Lipinski definition) is 1. The van der Waals surface area contributed by atoms with Gasteiger partial charge in [0.1, 0.15) is 12.1 Å². The number of nitrogens with one attached hydrogen (secondary N) is 1. The van der Waals surface area contributed by atoms with Crippen molar-refractivity contribution in [3.05, 3.63) is 17.7 Å². The molecule has 96 valence electrons. The fourth-order valence-corrected chi connectivity index (χ4v) is 1.86. The van der Waals surface area contributed by atoms with E-state index in [2.05, 4.69) is 10.3 Å². The van der Waals surface area contributed by atoms with Gasteiger partial charge < -0.3 is 14.8 Å². The highest BCUT2D eigenvalue weighted by Crippen LogP contribution is 2.23. The number of carbonyl (C=O) groups excluding carboxylic acids is 2. The van der Waals surface area contributed by atoms with Crippen LogP contribution >= 0.6 is 0 Å². The number of carbonyl (C=O) groups is 2. The molecule has 1 N–H and O–H groups in total. The third-order valence-corrected chi connectivity index (χ3v) is 2.85. The average molecular weight is 248 g/mol. The Hall–Kier alpha value is -1.91. The van der Waals surface area contributed by atoms with Crippen LogP contribution in [0.25, 0.3) is 0 Å². The average Bonchev–Trinajstić information content (AvgIpc) is 2.36. The minimum atomic E-state index is -0.0694. The Bertz CT molecular complexity index is 460. The third kappa shape index (κ3) is 3.06. The highest BCUT2D eigenvalue weighted by atomic mass is 16.5. The van der Waals surface area contributed by atoms with Gasteiger partial charge in [-0.05, 0) is 31.4 Å². The molecule has 1 atom stereocenters. The summed E-state index contributed by atoms with van der Waals surface area (Å²) in [5.74, 6) is 1.06. The number of fused-ring (bicyclic) bond motifs is 1. The van der Waals surface area contributed by atoms with E-state index in [-0.39, 0.29) is 12.0 Å². The molecule has 0 saturated heterocycles. The van der Waals surface area contributed by atoms with E-state index in [1.165, 1.54) is 0 Å². The molecule has 2 heterocycles. The molecule has 1 aromatic rings. The summed E-state index contributed by atoms with van der Waals surface area (Å²) in [5, 5.41) is 2.73. The first-order valence-electron chi connectivity index (χ1n) is 6.09. The van der Waals surface area contributed by atoms with E-state index >= 15 is 0 Å². The fourth-order valence-electron chi connectivity index (χ4n) is 1.86. The number of hydrogen-bond acceptors (Lipinski definition) is 4. The summed E-state index contributed by atoms with van der Waals surface area (Å²) in [5.41, 5.74) is 1.03. The molecule has 1 aromatic heterocycles. The minimum Gasteiger partial charge on any atom is -0.475 e. The van der Waals surface area contributed by atoms with Gasteiger partial charge in [-0.25, -0.2) is 0 Å². The molecule has 1 aliphatic heterocycles. The molecule has 0 aliphatic carbocycles.